The molecule has 3 rings (SSSR count). The van der Waals surface area contributed by atoms with Crippen LogP contribution in [-0.2, 0) is 13.1 Å². The molecule has 0 saturated carbocycles. The second-order valence-electron chi connectivity index (χ2n) is 6.14. The number of para-hydroxylation sites is 2. The Labute approximate surface area is 156 Å². The summed E-state index contributed by atoms with van der Waals surface area (Å²) in [5, 5.41) is 2.74. The highest BCUT2D eigenvalue weighted by Gasteiger charge is 2.13. The van der Waals surface area contributed by atoms with E-state index in [1.807, 2.05) is 31.2 Å². The highest BCUT2D eigenvalue weighted by Crippen LogP contribution is 2.13. The molecule has 1 amide bonds. The quantitative estimate of drug-likeness (QED) is 0.539. The number of carbonyl (C=O) groups excluding carboxylic acids is 1. The van der Waals surface area contributed by atoms with Gasteiger partial charge in [-0.25, -0.2) is 0 Å². The van der Waals surface area contributed by atoms with Gasteiger partial charge < -0.3 is 5.32 Å². The Balaban J connectivity index is 2.05. The van der Waals surface area contributed by atoms with Gasteiger partial charge in [-0.2, -0.15) is 0 Å². The lowest BCUT2D eigenvalue weighted by Crippen LogP contribution is -2.41. The molecular weight excluding hydrogens is 342 g/mol. The van der Waals surface area contributed by atoms with Gasteiger partial charge in [-0.15, -0.1) is 6.58 Å². The van der Waals surface area contributed by atoms with Gasteiger partial charge in [0, 0.05) is 18.7 Å². The molecular formula is C21H21N3O3. The van der Waals surface area contributed by atoms with Gasteiger partial charge in [0.25, 0.3) is 5.91 Å². The van der Waals surface area contributed by atoms with Crippen LogP contribution in [-0.4, -0.2) is 21.6 Å². The lowest BCUT2D eigenvalue weighted by molar-refractivity contribution is 0.0956. The molecule has 0 aliphatic heterocycles. The first-order valence-electron chi connectivity index (χ1n) is 8.77. The molecule has 0 radical (unpaired) electrons. The van der Waals surface area contributed by atoms with Crippen LogP contribution >= 0.6 is 0 Å². The van der Waals surface area contributed by atoms with E-state index in [0.717, 1.165) is 5.56 Å². The SMILES string of the molecule is C=CCn1c(=O)c(=O)n(Cc2ccc(C(=O)NCC)cc2)c2ccccc21. The fraction of sp³-hybridized carbons (Fsp3) is 0.190. The topological polar surface area (TPSA) is 73.1 Å². The summed E-state index contributed by atoms with van der Waals surface area (Å²) < 4.78 is 2.90. The average molecular weight is 363 g/mol. The number of hydrogen-bond acceptors (Lipinski definition) is 3. The number of nitrogens with zero attached hydrogens (tertiary/aromatic N) is 2. The third-order valence-corrected chi connectivity index (χ3v) is 4.34. The molecule has 6 heteroatoms. The molecule has 0 atom stereocenters. The Kier molecular flexibility index (Phi) is 5.35. The number of amides is 1. The van der Waals surface area contributed by atoms with E-state index in [1.165, 1.54) is 9.13 Å². The monoisotopic (exact) mass is 363 g/mol. The number of benzene rings is 2. The van der Waals surface area contributed by atoms with Crippen LogP contribution in [0.15, 0.2) is 70.8 Å². The minimum absolute atomic E-state index is 0.140. The Morgan fingerprint density at radius 1 is 1.00 bits per heavy atom. The standard InChI is InChI=1S/C21H21N3O3/c1-3-13-23-17-7-5-6-8-18(17)24(21(27)20(23)26)14-15-9-11-16(12-10-15)19(25)22-4-2/h3,5-12H,1,4,13-14H2,2H3,(H,22,25). The normalized spacial score (nSPS) is 10.7. The number of aromatic nitrogens is 2. The predicted octanol–water partition coefficient (Wildman–Crippen LogP) is 2.15. The van der Waals surface area contributed by atoms with E-state index in [2.05, 4.69) is 11.9 Å². The van der Waals surface area contributed by atoms with Crippen molar-refractivity contribution in [1.82, 2.24) is 14.5 Å². The van der Waals surface area contributed by atoms with Crippen molar-refractivity contribution < 1.29 is 4.79 Å². The summed E-state index contributed by atoms with van der Waals surface area (Å²) in [6.45, 7) is 6.60. The van der Waals surface area contributed by atoms with Crippen LogP contribution in [0, 0.1) is 0 Å². The van der Waals surface area contributed by atoms with E-state index in [9.17, 15) is 14.4 Å². The third-order valence-electron chi connectivity index (χ3n) is 4.34. The molecule has 6 nitrogen and oxygen atoms in total. The molecule has 0 aliphatic carbocycles. The smallest absolute Gasteiger partial charge is 0.317 e. The zero-order valence-corrected chi connectivity index (χ0v) is 15.1. The van der Waals surface area contributed by atoms with E-state index in [0.29, 0.717) is 23.1 Å². The largest absolute Gasteiger partial charge is 0.352 e. The summed E-state index contributed by atoms with van der Waals surface area (Å²) in [6.07, 6.45) is 1.59. The van der Waals surface area contributed by atoms with E-state index in [-0.39, 0.29) is 19.0 Å². The summed E-state index contributed by atoms with van der Waals surface area (Å²) in [4.78, 5) is 37.1. The van der Waals surface area contributed by atoms with Crippen molar-refractivity contribution in [1.29, 1.82) is 0 Å². The van der Waals surface area contributed by atoms with Gasteiger partial charge >= 0.3 is 11.1 Å². The minimum atomic E-state index is -0.580. The van der Waals surface area contributed by atoms with Crippen molar-refractivity contribution >= 4 is 16.9 Å². The predicted molar refractivity (Wildman–Crippen MR) is 106 cm³/mol. The van der Waals surface area contributed by atoms with Crippen LogP contribution in [0.1, 0.15) is 22.8 Å². The maximum atomic E-state index is 12.7. The Hall–Kier alpha value is -3.41. The maximum absolute atomic E-state index is 12.7. The van der Waals surface area contributed by atoms with Crippen LogP contribution in [0.25, 0.3) is 11.0 Å². The van der Waals surface area contributed by atoms with Crippen molar-refractivity contribution in [2.75, 3.05) is 6.54 Å². The van der Waals surface area contributed by atoms with Gasteiger partial charge in [-0.1, -0.05) is 30.3 Å². The van der Waals surface area contributed by atoms with Gasteiger partial charge in [-0.3, -0.25) is 23.5 Å². The van der Waals surface area contributed by atoms with Crippen molar-refractivity contribution in [3.8, 4) is 0 Å². The average Bonchev–Trinajstić information content (AvgIpc) is 2.69. The van der Waals surface area contributed by atoms with Crippen LogP contribution in [0.3, 0.4) is 0 Å². The number of rotatable bonds is 6. The molecule has 0 aliphatic rings. The summed E-state index contributed by atoms with van der Waals surface area (Å²) in [7, 11) is 0. The van der Waals surface area contributed by atoms with Crippen molar-refractivity contribution in [3.63, 3.8) is 0 Å². The van der Waals surface area contributed by atoms with Gasteiger partial charge in [0.1, 0.15) is 0 Å². The summed E-state index contributed by atoms with van der Waals surface area (Å²) in [5.41, 5.74) is 1.59. The maximum Gasteiger partial charge on any atom is 0.317 e. The van der Waals surface area contributed by atoms with E-state index in [4.69, 9.17) is 0 Å². The first kappa shape index (κ1) is 18.4. The highest BCUT2D eigenvalue weighted by atomic mass is 16.2. The molecule has 1 heterocycles. The van der Waals surface area contributed by atoms with Crippen LogP contribution < -0.4 is 16.4 Å². The molecule has 0 fully saturated rings. The number of fused-ring (bicyclic) bond motifs is 1. The fourth-order valence-corrected chi connectivity index (χ4v) is 3.04. The first-order valence-corrected chi connectivity index (χ1v) is 8.77. The lowest BCUT2D eigenvalue weighted by Gasteiger charge is -2.14. The first-order chi connectivity index (χ1) is 13.1. The molecule has 1 N–H and O–H groups in total. The molecule has 2 aromatic carbocycles. The highest BCUT2D eigenvalue weighted by molar-refractivity contribution is 5.94. The van der Waals surface area contributed by atoms with Crippen molar-refractivity contribution in [3.05, 3.63) is 93.0 Å². The van der Waals surface area contributed by atoms with Crippen molar-refractivity contribution in [2.24, 2.45) is 0 Å². The number of carbonyl (C=O) groups is 1. The van der Waals surface area contributed by atoms with Crippen LogP contribution in [0.5, 0.6) is 0 Å². The number of nitrogens with one attached hydrogen (secondary N) is 1. The van der Waals surface area contributed by atoms with E-state index >= 15 is 0 Å². The Morgan fingerprint density at radius 2 is 1.59 bits per heavy atom. The van der Waals surface area contributed by atoms with Gasteiger partial charge in [0.15, 0.2) is 0 Å². The summed E-state index contributed by atoms with van der Waals surface area (Å²) in [5.74, 6) is -0.140. The fourth-order valence-electron chi connectivity index (χ4n) is 3.04. The molecule has 0 spiro atoms. The van der Waals surface area contributed by atoms with E-state index in [1.54, 1.807) is 30.3 Å². The van der Waals surface area contributed by atoms with Crippen molar-refractivity contribution in [2.45, 2.75) is 20.0 Å². The van der Waals surface area contributed by atoms with E-state index < -0.39 is 11.1 Å². The molecule has 27 heavy (non-hydrogen) atoms. The van der Waals surface area contributed by atoms with Crippen LogP contribution in [0.2, 0.25) is 0 Å². The van der Waals surface area contributed by atoms with Gasteiger partial charge in [-0.05, 0) is 36.8 Å². The summed E-state index contributed by atoms with van der Waals surface area (Å²) in [6, 6.07) is 14.3. The Bertz CT molecular complexity index is 1110. The number of hydrogen-bond donors (Lipinski definition) is 1. The zero-order chi connectivity index (χ0) is 19.4. The third kappa shape index (κ3) is 3.60. The number of allylic oxidation sites excluding steroid dienone is 1. The molecule has 138 valence electrons. The van der Waals surface area contributed by atoms with Gasteiger partial charge in [0.05, 0.1) is 17.6 Å². The molecule has 0 unspecified atom stereocenters. The van der Waals surface area contributed by atoms with Gasteiger partial charge in [0.2, 0.25) is 0 Å². The Morgan fingerprint density at radius 3 is 2.19 bits per heavy atom. The molecule has 1 aromatic heterocycles. The second-order valence-corrected chi connectivity index (χ2v) is 6.14. The minimum Gasteiger partial charge on any atom is -0.352 e. The summed E-state index contributed by atoms with van der Waals surface area (Å²) >= 11 is 0. The zero-order valence-electron chi connectivity index (χ0n) is 15.1. The van der Waals surface area contributed by atoms with Crippen LogP contribution in [0.4, 0.5) is 0 Å². The molecule has 3 aromatic rings. The molecule has 0 bridgehead atoms. The molecule has 0 saturated heterocycles. The second kappa shape index (κ2) is 7.86. The lowest BCUT2D eigenvalue weighted by atomic mass is 10.1.